The molecule has 86 heavy (non-hydrogen) atoms. The lowest BCUT2D eigenvalue weighted by atomic mass is 9.85. The number of aryl methyl sites for hydroxylation is 8. The summed E-state index contributed by atoms with van der Waals surface area (Å²) in [5.41, 5.74) is 29.4. The molecule has 0 aliphatic heterocycles. The summed E-state index contributed by atoms with van der Waals surface area (Å²) in [5, 5.41) is 0. The van der Waals surface area contributed by atoms with Gasteiger partial charge in [0.05, 0.1) is 0 Å². The molecule has 0 bridgehead atoms. The Morgan fingerprint density at radius 1 is 0.140 bits per heavy atom. The van der Waals surface area contributed by atoms with Gasteiger partial charge in [0.25, 0.3) is 0 Å². The van der Waals surface area contributed by atoms with Gasteiger partial charge in [0.15, 0.2) is 0 Å². The van der Waals surface area contributed by atoms with E-state index in [9.17, 15) is 0 Å². The average Bonchev–Trinajstić information content (AvgIpc) is 2.20. The summed E-state index contributed by atoms with van der Waals surface area (Å²) in [4.78, 5) is 9.41. The molecule has 0 heterocycles. The van der Waals surface area contributed by atoms with Crippen molar-refractivity contribution in [3.8, 4) is 0 Å². The highest BCUT2D eigenvalue weighted by atomic mass is 15.2. The Morgan fingerprint density at radius 2 is 0.233 bits per heavy atom. The third-order valence-electron chi connectivity index (χ3n) is 16.2. The molecule has 12 aromatic rings. The Kier molecular flexibility index (Phi) is 16.2. The summed E-state index contributed by atoms with van der Waals surface area (Å²) in [5.74, 6) is 0. The first-order valence-corrected chi connectivity index (χ1v) is 29.8. The molecule has 0 aromatic heterocycles. The van der Waals surface area contributed by atoms with E-state index in [1.807, 2.05) is 0 Å². The van der Waals surface area contributed by atoms with E-state index in [-0.39, 0.29) is 0 Å². The number of hydrogen-bond acceptors (Lipinski definition) is 4. The fourth-order valence-corrected chi connectivity index (χ4v) is 11.4. The van der Waals surface area contributed by atoms with E-state index in [2.05, 4.69) is 366 Å². The smallest absolute Gasteiger partial charge is 0.0462 e. The molecule has 12 rings (SSSR count). The lowest BCUT2D eigenvalue weighted by molar-refractivity contribution is 1.26. The van der Waals surface area contributed by atoms with E-state index >= 15 is 0 Å². The number of benzene rings is 12. The summed E-state index contributed by atoms with van der Waals surface area (Å²) < 4.78 is 0. The predicted molar refractivity (Wildman–Crippen MR) is 367 cm³/mol. The zero-order valence-electron chi connectivity index (χ0n) is 50.5. The maximum atomic E-state index is 2.35. The van der Waals surface area contributed by atoms with Crippen LogP contribution in [0, 0.1) is 55.4 Å². The SMILES string of the molecule is Cc1ccc(N(c2ccc(C)cc2)c2ccc(C(=C(c3ccc(N(c4ccc(C)cc4)c4ccc(C)cc4)cc3)c3ccc(N(c4ccc(C)cc4)c4ccc(C)cc4)cc3)c3ccc(N(c4ccc(C)cc4)c4ccc(C)cc4)cc3)cc2)cc1. The van der Waals surface area contributed by atoms with E-state index in [1.54, 1.807) is 0 Å². The second-order valence-corrected chi connectivity index (χ2v) is 23.0. The summed E-state index contributed by atoms with van der Waals surface area (Å²) in [6.45, 7) is 17.1. The molecule has 0 N–H and O–H groups in total. The van der Waals surface area contributed by atoms with Gasteiger partial charge in [-0.1, -0.05) is 190 Å². The Balaban J connectivity index is 1.08. The molecular formula is C82H72N4. The molecule has 0 aliphatic rings. The zero-order chi connectivity index (χ0) is 59.3. The molecule has 0 fully saturated rings. The van der Waals surface area contributed by atoms with Gasteiger partial charge in [-0.05, 0) is 234 Å². The van der Waals surface area contributed by atoms with Gasteiger partial charge in [0, 0.05) is 68.2 Å². The van der Waals surface area contributed by atoms with Crippen molar-refractivity contribution in [3.63, 3.8) is 0 Å². The van der Waals surface area contributed by atoms with E-state index in [4.69, 9.17) is 0 Å². The van der Waals surface area contributed by atoms with E-state index in [0.29, 0.717) is 0 Å². The summed E-state index contributed by atoms with van der Waals surface area (Å²) in [7, 11) is 0. The van der Waals surface area contributed by atoms with Crippen LogP contribution in [0.2, 0.25) is 0 Å². The Morgan fingerprint density at radius 3 is 0.337 bits per heavy atom. The molecule has 0 amide bonds. The molecule has 0 aliphatic carbocycles. The van der Waals surface area contributed by atoms with Crippen LogP contribution in [-0.4, -0.2) is 0 Å². The van der Waals surface area contributed by atoms with Crippen LogP contribution in [0.25, 0.3) is 11.1 Å². The molecule has 4 nitrogen and oxygen atoms in total. The van der Waals surface area contributed by atoms with Crippen molar-refractivity contribution < 1.29 is 0 Å². The molecular weight excluding hydrogens is 1040 g/mol. The molecule has 4 heteroatoms. The lowest BCUT2D eigenvalue weighted by Crippen LogP contribution is -2.11. The fourth-order valence-electron chi connectivity index (χ4n) is 11.4. The highest BCUT2D eigenvalue weighted by Crippen LogP contribution is 2.45. The summed E-state index contributed by atoms with van der Waals surface area (Å²) >= 11 is 0. The van der Waals surface area contributed by atoms with E-state index < -0.39 is 0 Å². The van der Waals surface area contributed by atoms with Crippen molar-refractivity contribution in [3.05, 3.63) is 358 Å². The first kappa shape index (κ1) is 56.1. The Hall–Kier alpha value is -10.4. The average molecular weight is 1110 g/mol. The normalized spacial score (nSPS) is 11.0. The molecule has 0 radical (unpaired) electrons. The van der Waals surface area contributed by atoms with Crippen LogP contribution in [-0.2, 0) is 0 Å². The number of anilines is 12. The standard InChI is InChI=1S/C82H72N4/c1-57-9-33-69(34-10-57)83(70-35-11-58(2)12-36-70)77-49-25-65(26-50-77)81(66-27-51-78(52-28-66)84(71-37-13-59(3)14-38-71)72-39-15-60(4)16-40-72)82(67-29-53-79(54-30-67)85(73-41-17-61(5)18-42-73)74-43-19-62(6)20-44-74)68-31-55-80(56-32-68)86(75-45-21-63(7)22-46-75)76-47-23-64(8)24-48-76/h9-56H,1-8H3. The van der Waals surface area contributed by atoms with Gasteiger partial charge in [-0.2, -0.15) is 0 Å². The largest absolute Gasteiger partial charge is 0.311 e. The minimum absolute atomic E-state index is 1.07. The van der Waals surface area contributed by atoms with Crippen molar-refractivity contribution in [2.45, 2.75) is 55.4 Å². The number of rotatable bonds is 16. The monoisotopic (exact) mass is 1110 g/mol. The zero-order valence-corrected chi connectivity index (χ0v) is 50.5. The van der Waals surface area contributed by atoms with Crippen LogP contribution < -0.4 is 19.6 Å². The van der Waals surface area contributed by atoms with E-state index in [0.717, 1.165) is 102 Å². The van der Waals surface area contributed by atoms with Gasteiger partial charge in [-0.25, -0.2) is 0 Å². The van der Waals surface area contributed by atoms with Gasteiger partial charge >= 0.3 is 0 Å². The van der Waals surface area contributed by atoms with Crippen LogP contribution in [0.15, 0.2) is 291 Å². The van der Waals surface area contributed by atoms with Crippen molar-refractivity contribution in [2.75, 3.05) is 19.6 Å². The summed E-state index contributed by atoms with van der Waals surface area (Å²) in [6, 6.07) is 107. The topological polar surface area (TPSA) is 13.0 Å². The lowest BCUT2D eigenvalue weighted by Gasteiger charge is -2.28. The highest BCUT2D eigenvalue weighted by Gasteiger charge is 2.23. The second-order valence-electron chi connectivity index (χ2n) is 23.0. The van der Waals surface area contributed by atoms with Crippen LogP contribution >= 0.6 is 0 Å². The number of hydrogen-bond donors (Lipinski definition) is 0. The van der Waals surface area contributed by atoms with Crippen molar-refractivity contribution in [1.82, 2.24) is 0 Å². The van der Waals surface area contributed by atoms with Crippen LogP contribution in [0.3, 0.4) is 0 Å². The number of nitrogens with zero attached hydrogens (tertiary/aromatic N) is 4. The van der Waals surface area contributed by atoms with Gasteiger partial charge in [0.1, 0.15) is 0 Å². The van der Waals surface area contributed by atoms with Crippen LogP contribution in [0.1, 0.15) is 66.8 Å². The molecule has 0 saturated heterocycles. The molecule has 0 unspecified atom stereocenters. The third kappa shape index (κ3) is 12.3. The van der Waals surface area contributed by atoms with Crippen molar-refractivity contribution in [2.24, 2.45) is 0 Å². The molecule has 12 aromatic carbocycles. The molecule has 0 atom stereocenters. The van der Waals surface area contributed by atoms with Gasteiger partial charge < -0.3 is 19.6 Å². The minimum Gasteiger partial charge on any atom is -0.311 e. The molecule has 0 spiro atoms. The van der Waals surface area contributed by atoms with E-state index in [1.165, 1.54) is 44.5 Å². The Labute approximate surface area is 509 Å². The maximum Gasteiger partial charge on any atom is 0.0462 e. The van der Waals surface area contributed by atoms with Gasteiger partial charge in [-0.15, -0.1) is 0 Å². The van der Waals surface area contributed by atoms with Crippen molar-refractivity contribution >= 4 is 79.4 Å². The third-order valence-corrected chi connectivity index (χ3v) is 16.2. The highest BCUT2D eigenvalue weighted by molar-refractivity contribution is 6.05. The fraction of sp³-hybridized carbons (Fsp3) is 0.0976. The molecule has 0 saturated carbocycles. The van der Waals surface area contributed by atoms with Gasteiger partial charge in [-0.3, -0.25) is 0 Å². The van der Waals surface area contributed by atoms with Crippen LogP contribution in [0.4, 0.5) is 68.2 Å². The maximum absolute atomic E-state index is 2.35. The predicted octanol–water partition coefficient (Wildman–Crippen LogP) is 23.0. The minimum atomic E-state index is 1.07. The molecule has 420 valence electrons. The Bertz CT molecular complexity index is 3500. The first-order valence-electron chi connectivity index (χ1n) is 29.8. The first-order chi connectivity index (χ1) is 41.9. The second kappa shape index (κ2) is 24.8. The van der Waals surface area contributed by atoms with Crippen molar-refractivity contribution in [1.29, 1.82) is 0 Å². The van der Waals surface area contributed by atoms with Crippen LogP contribution in [0.5, 0.6) is 0 Å². The van der Waals surface area contributed by atoms with Gasteiger partial charge in [0.2, 0.25) is 0 Å². The quantitative estimate of drug-likeness (QED) is 0.0894. The summed E-state index contributed by atoms with van der Waals surface area (Å²) in [6.07, 6.45) is 0.